The van der Waals surface area contributed by atoms with E-state index in [1.807, 2.05) is 0 Å². The van der Waals surface area contributed by atoms with Crippen molar-refractivity contribution in [1.82, 2.24) is 0 Å². The van der Waals surface area contributed by atoms with Crippen LogP contribution in [0.5, 0.6) is 5.75 Å². The van der Waals surface area contributed by atoms with Crippen LogP contribution in [-0.2, 0) is 0 Å². The molecule has 0 atom stereocenters. The summed E-state index contributed by atoms with van der Waals surface area (Å²) in [5.74, 6) is -1.19. The Labute approximate surface area is 98.0 Å². The van der Waals surface area contributed by atoms with Gasteiger partial charge in [0.1, 0.15) is 11.4 Å². The van der Waals surface area contributed by atoms with Crippen LogP contribution in [0.1, 0.15) is 0 Å². The van der Waals surface area contributed by atoms with Crippen molar-refractivity contribution >= 4 is 17.3 Å². The van der Waals surface area contributed by atoms with Crippen molar-refractivity contribution in [2.45, 2.75) is 6.36 Å². The minimum atomic E-state index is -4.94. The van der Waals surface area contributed by atoms with Crippen molar-refractivity contribution in [2.75, 3.05) is 0 Å². The normalized spacial score (nSPS) is 10.8. The summed E-state index contributed by atoms with van der Waals surface area (Å²) < 4.78 is 39.3. The molecule has 0 unspecified atom stereocenters. The highest BCUT2D eigenvalue weighted by Crippen LogP contribution is 2.33. The molecule has 0 bridgehead atoms. The Bertz CT molecular complexity index is 497. The number of guanidine groups is 1. The van der Waals surface area contributed by atoms with Gasteiger partial charge in [-0.3, -0.25) is 10.1 Å². The third kappa shape index (κ3) is 3.81. The van der Waals surface area contributed by atoms with E-state index in [9.17, 15) is 23.3 Å². The molecule has 1 aromatic carbocycles. The summed E-state index contributed by atoms with van der Waals surface area (Å²) in [6.45, 7) is 0. The Balaban J connectivity index is 3.20. The van der Waals surface area contributed by atoms with Gasteiger partial charge in [-0.15, -0.1) is 13.2 Å². The molecular weight excluding hydrogens is 257 g/mol. The molecule has 10 heteroatoms. The number of hydrogen-bond acceptors (Lipinski definition) is 4. The summed E-state index contributed by atoms with van der Waals surface area (Å²) in [7, 11) is 0. The van der Waals surface area contributed by atoms with Gasteiger partial charge in [0.25, 0.3) is 5.69 Å². The van der Waals surface area contributed by atoms with E-state index in [0.717, 1.165) is 12.1 Å². The topological polar surface area (TPSA) is 117 Å². The van der Waals surface area contributed by atoms with Crippen LogP contribution < -0.4 is 16.2 Å². The first kappa shape index (κ1) is 13.5. The average molecular weight is 264 g/mol. The maximum Gasteiger partial charge on any atom is 0.573 e. The van der Waals surface area contributed by atoms with Gasteiger partial charge in [0.2, 0.25) is 0 Å². The van der Waals surface area contributed by atoms with Crippen LogP contribution >= 0.6 is 0 Å². The largest absolute Gasteiger partial charge is 0.573 e. The number of nitro groups is 1. The highest BCUT2D eigenvalue weighted by Gasteiger charge is 2.32. The second-order valence-corrected chi connectivity index (χ2v) is 2.99. The first-order valence-corrected chi connectivity index (χ1v) is 4.33. The molecule has 0 heterocycles. The number of rotatable bonds is 3. The molecule has 0 aliphatic heterocycles. The first-order valence-electron chi connectivity index (χ1n) is 4.33. The highest BCUT2D eigenvalue weighted by atomic mass is 19.4. The van der Waals surface area contributed by atoms with E-state index in [0.29, 0.717) is 6.07 Å². The molecule has 4 N–H and O–H groups in total. The summed E-state index contributed by atoms with van der Waals surface area (Å²) in [5.41, 5.74) is 9.08. The number of aliphatic imine (C=N–C) groups is 1. The highest BCUT2D eigenvalue weighted by molar-refractivity contribution is 5.81. The molecule has 0 aliphatic carbocycles. The van der Waals surface area contributed by atoms with E-state index in [1.54, 1.807) is 0 Å². The van der Waals surface area contributed by atoms with Crippen molar-refractivity contribution in [3.8, 4) is 5.75 Å². The molecule has 0 saturated carbocycles. The fourth-order valence-electron chi connectivity index (χ4n) is 1.08. The van der Waals surface area contributed by atoms with Crippen LogP contribution in [0.4, 0.5) is 24.5 Å². The zero-order valence-corrected chi connectivity index (χ0v) is 8.64. The van der Waals surface area contributed by atoms with Gasteiger partial charge < -0.3 is 16.2 Å². The van der Waals surface area contributed by atoms with Crippen molar-refractivity contribution in [3.63, 3.8) is 0 Å². The zero-order chi connectivity index (χ0) is 13.9. The van der Waals surface area contributed by atoms with E-state index in [1.165, 1.54) is 0 Å². The Morgan fingerprint density at radius 2 is 2.00 bits per heavy atom. The SMILES string of the molecule is NC(N)=Nc1ccc(OC(F)(F)F)cc1[N+](=O)[O-]. The standard InChI is InChI=1S/C8H7F3N4O3/c9-8(10,11)18-4-1-2-5(14-7(12)13)6(3-4)15(16)17/h1-3H,(H4,12,13,14). The fourth-order valence-corrected chi connectivity index (χ4v) is 1.08. The number of nitrogens with two attached hydrogens (primary N) is 2. The van der Waals surface area contributed by atoms with E-state index in [2.05, 4.69) is 9.73 Å². The lowest BCUT2D eigenvalue weighted by Crippen LogP contribution is -2.22. The molecule has 0 amide bonds. The van der Waals surface area contributed by atoms with Gasteiger partial charge in [0.15, 0.2) is 5.96 Å². The summed E-state index contributed by atoms with van der Waals surface area (Å²) >= 11 is 0. The fraction of sp³-hybridized carbons (Fsp3) is 0.125. The third-order valence-electron chi connectivity index (χ3n) is 1.63. The molecule has 0 fully saturated rings. The maximum absolute atomic E-state index is 11.9. The summed E-state index contributed by atoms with van der Waals surface area (Å²) in [5, 5.41) is 10.6. The second-order valence-electron chi connectivity index (χ2n) is 2.99. The maximum atomic E-state index is 11.9. The van der Waals surface area contributed by atoms with E-state index >= 15 is 0 Å². The number of alkyl halides is 3. The summed E-state index contributed by atoms with van der Waals surface area (Å²) in [6, 6.07) is 2.39. The molecule has 0 radical (unpaired) electrons. The molecular formula is C8H7F3N4O3. The number of nitro benzene ring substituents is 1. The van der Waals surface area contributed by atoms with E-state index < -0.39 is 28.7 Å². The number of hydrogen-bond donors (Lipinski definition) is 2. The molecule has 0 aromatic heterocycles. The van der Waals surface area contributed by atoms with Crippen LogP contribution in [-0.4, -0.2) is 17.2 Å². The van der Waals surface area contributed by atoms with Crippen molar-refractivity contribution < 1.29 is 22.8 Å². The molecule has 0 aliphatic rings. The van der Waals surface area contributed by atoms with Crippen LogP contribution in [0.2, 0.25) is 0 Å². The molecule has 98 valence electrons. The summed E-state index contributed by atoms with van der Waals surface area (Å²) in [6.07, 6.45) is -4.94. The Morgan fingerprint density at radius 3 is 2.44 bits per heavy atom. The monoisotopic (exact) mass is 264 g/mol. The van der Waals surface area contributed by atoms with Crippen LogP contribution in [0.3, 0.4) is 0 Å². The van der Waals surface area contributed by atoms with Gasteiger partial charge in [-0.2, -0.15) is 0 Å². The average Bonchev–Trinajstić information content (AvgIpc) is 2.17. The van der Waals surface area contributed by atoms with Gasteiger partial charge in [0.05, 0.1) is 11.0 Å². The predicted octanol–water partition coefficient (Wildman–Crippen LogP) is 1.40. The quantitative estimate of drug-likeness (QED) is 0.370. The van der Waals surface area contributed by atoms with E-state index in [-0.39, 0.29) is 5.69 Å². The minimum absolute atomic E-state index is 0.269. The lowest BCUT2D eigenvalue weighted by Gasteiger charge is -2.08. The number of nitrogens with zero attached hydrogens (tertiary/aromatic N) is 2. The number of benzene rings is 1. The van der Waals surface area contributed by atoms with Gasteiger partial charge in [-0.1, -0.05) is 0 Å². The predicted molar refractivity (Wildman–Crippen MR) is 55.2 cm³/mol. The van der Waals surface area contributed by atoms with Crippen molar-refractivity contribution in [1.29, 1.82) is 0 Å². The van der Waals surface area contributed by atoms with Crippen LogP contribution in [0.15, 0.2) is 23.2 Å². The molecule has 0 spiro atoms. The van der Waals surface area contributed by atoms with Crippen LogP contribution in [0.25, 0.3) is 0 Å². The minimum Gasteiger partial charge on any atom is -0.406 e. The van der Waals surface area contributed by atoms with Crippen LogP contribution in [0, 0.1) is 10.1 Å². The van der Waals surface area contributed by atoms with Gasteiger partial charge >= 0.3 is 6.36 Å². The molecule has 18 heavy (non-hydrogen) atoms. The van der Waals surface area contributed by atoms with Gasteiger partial charge in [-0.25, -0.2) is 4.99 Å². The second kappa shape index (κ2) is 4.77. The number of ether oxygens (including phenoxy) is 1. The smallest absolute Gasteiger partial charge is 0.406 e. The summed E-state index contributed by atoms with van der Waals surface area (Å²) in [4.78, 5) is 13.1. The zero-order valence-electron chi connectivity index (χ0n) is 8.64. The molecule has 1 aromatic rings. The molecule has 0 saturated heterocycles. The van der Waals surface area contributed by atoms with E-state index in [4.69, 9.17) is 11.5 Å². The third-order valence-corrected chi connectivity index (χ3v) is 1.63. The van der Waals surface area contributed by atoms with Crippen molar-refractivity contribution in [3.05, 3.63) is 28.3 Å². The Hall–Kier alpha value is -2.52. The molecule has 1 rings (SSSR count). The van der Waals surface area contributed by atoms with Gasteiger partial charge in [-0.05, 0) is 12.1 Å². The Morgan fingerprint density at radius 1 is 1.39 bits per heavy atom. The molecule has 7 nitrogen and oxygen atoms in total. The first-order chi connectivity index (χ1) is 8.19. The Kier molecular flexibility index (Phi) is 3.59. The lowest BCUT2D eigenvalue weighted by molar-refractivity contribution is -0.384. The van der Waals surface area contributed by atoms with Crippen molar-refractivity contribution in [2.24, 2.45) is 16.5 Å². The lowest BCUT2D eigenvalue weighted by atomic mass is 10.2. The van der Waals surface area contributed by atoms with Gasteiger partial charge in [0, 0.05) is 0 Å². The number of halogens is 3.